The largest absolute Gasteiger partial charge is 0.308 e. The first-order valence-electron chi connectivity index (χ1n) is 7.09. The van der Waals surface area contributed by atoms with Gasteiger partial charge in [-0.25, -0.2) is 0 Å². The van der Waals surface area contributed by atoms with Crippen molar-refractivity contribution in [2.75, 3.05) is 13.1 Å². The molecule has 106 valence electrons. The van der Waals surface area contributed by atoms with Gasteiger partial charge < -0.3 is 5.32 Å². The van der Waals surface area contributed by atoms with Gasteiger partial charge in [-0.05, 0) is 44.9 Å². The van der Waals surface area contributed by atoms with Crippen LogP contribution >= 0.6 is 15.9 Å². The summed E-state index contributed by atoms with van der Waals surface area (Å²) in [5, 5.41) is 3.71. The maximum absolute atomic E-state index is 3.71. The van der Waals surface area contributed by atoms with E-state index in [1.54, 1.807) is 0 Å². The normalized spacial score (nSPS) is 27.4. The Morgan fingerprint density at radius 1 is 1.32 bits per heavy atom. The Bertz CT molecular complexity index is 444. The molecule has 0 amide bonds. The summed E-state index contributed by atoms with van der Waals surface area (Å²) in [4.78, 5) is 2.61. The van der Waals surface area contributed by atoms with E-state index in [4.69, 9.17) is 0 Å². The molecule has 1 aromatic carbocycles. The molecule has 1 saturated heterocycles. The maximum Gasteiger partial charge on any atom is 0.0282 e. The molecule has 0 aromatic heterocycles. The molecule has 2 nitrogen and oxygen atoms in total. The van der Waals surface area contributed by atoms with Crippen LogP contribution in [0.1, 0.15) is 39.7 Å². The minimum atomic E-state index is 0.205. The molecule has 1 heterocycles. The quantitative estimate of drug-likeness (QED) is 0.909. The zero-order valence-corrected chi connectivity index (χ0v) is 14.0. The summed E-state index contributed by atoms with van der Waals surface area (Å²) in [6, 6.07) is 8.64. The van der Waals surface area contributed by atoms with Crippen LogP contribution in [0, 0.1) is 0 Å². The van der Waals surface area contributed by atoms with Gasteiger partial charge in [0.25, 0.3) is 0 Å². The molecule has 1 aliphatic heterocycles. The van der Waals surface area contributed by atoms with Crippen LogP contribution < -0.4 is 5.32 Å². The molecule has 2 rings (SSSR count). The zero-order valence-electron chi connectivity index (χ0n) is 12.5. The Morgan fingerprint density at radius 3 is 2.68 bits per heavy atom. The third-order valence-corrected chi connectivity index (χ3v) is 4.88. The van der Waals surface area contributed by atoms with E-state index in [0.29, 0.717) is 0 Å². The fourth-order valence-corrected chi connectivity index (χ4v) is 3.04. The highest BCUT2D eigenvalue weighted by Crippen LogP contribution is 2.27. The van der Waals surface area contributed by atoms with Crippen LogP contribution in [-0.4, -0.2) is 29.1 Å². The van der Waals surface area contributed by atoms with E-state index in [1.165, 1.54) is 5.56 Å². The lowest BCUT2D eigenvalue weighted by Gasteiger charge is -2.50. The average Bonchev–Trinajstić information content (AvgIpc) is 2.35. The van der Waals surface area contributed by atoms with Crippen molar-refractivity contribution in [3.05, 3.63) is 34.3 Å². The lowest BCUT2D eigenvalue weighted by atomic mass is 9.88. The number of halogens is 1. The predicted molar refractivity (Wildman–Crippen MR) is 85.3 cm³/mol. The Balaban J connectivity index is 2.16. The molecule has 19 heavy (non-hydrogen) atoms. The molecule has 0 aliphatic carbocycles. The third kappa shape index (κ3) is 3.59. The summed E-state index contributed by atoms with van der Waals surface area (Å²) in [5.74, 6) is 0. The predicted octanol–water partition coefficient (Wildman–Crippen LogP) is 3.80. The Labute approximate surface area is 125 Å². The van der Waals surface area contributed by atoms with Crippen molar-refractivity contribution in [3.63, 3.8) is 0 Å². The van der Waals surface area contributed by atoms with Gasteiger partial charge in [0.1, 0.15) is 0 Å². The number of hydrogen-bond acceptors (Lipinski definition) is 2. The minimum absolute atomic E-state index is 0.205. The van der Waals surface area contributed by atoms with Crippen LogP contribution in [-0.2, 0) is 6.54 Å². The lowest BCUT2D eigenvalue weighted by molar-refractivity contribution is 0.0246. The second-order valence-electron chi connectivity index (χ2n) is 6.57. The van der Waals surface area contributed by atoms with Gasteiger partial charge in [-0.3, -0.25) is 4.90 Å². The number of benzene rings is 1. The first-order valence-corrected chi connectivity index (χ1v) is 7.88. The fraction of sp³-hybridized carbons (Fsp3) is 0.625. The van der Waals surface area contributed by atoms with Crippen molar-refractivity contribution in [2.24, 2.45) is 0 Å². The molecule has 1 unspecified atom stereocenters. The molecule has 0 bridgehead atoms. The maximum atomic E-state index is 3.71. The second kappa shape index (κ2) is 5.55. The summed E-state index contributed by atoms with van der Waals surface area (Å²) in [5.41, 5.74) is 1.82. The number of rotatable bonds is 3. The highest BCUT2D eigenvalue weighted by molar-refractivity contribution is 9.10. The Kier molecular flexibility index (Phi) is 4.38. The Morgan fingerprint density at radius 2 is 2.05 bits per heavy atom. The van der Waals surface area contributed by atoms with Gasteiger partial charge in [0.05, 0.1) is 0 Å². The molecule has 1 aliphatic rings. The summed E-state index contributed by atoms with van der Waals surface area (Å²) < 4.78 is 1.16. The summed E-state index contributed by atoms with van der Waals surface area (Å²) in [7, 11) is 0. The van der Waals surface area contributed by atoms with E-state index < -0.39 is 0 Å². The molecular weight excluding hydrogens is 300 g/mol. The molecule has 1 aromatic rings. The highest BCUT2D eigenvalue weighted by atomic mass is 79.9. The van der Waals surface area contributed by atoms with Gasteiger partial charge in [0, 0.05) is 35.2 Å². The van der Waals surface area contributed by atoms with Crippen molar-refractivity contribution in [3.8, 4) is 0 Å². The van der Waals surface area contributed by atoms with Crippen molar-refractivity contribution >= 4 is 15.9 Å². The first kappa shape index (κ1) is 15.0. The standard InChI is InChI=1S/C16H25BrN2/c1-5-16(4)12-19(15(2,3)11-18-16)10-13-7-6-8-14(17)9-13/h6-9,18H,5,10-12H2,1-4H3. The molecule has 1 N–H and O–H groups in total. The van der Waals surface area contributed by atoms with Crippen LogP contribution in [0.4, 0.5) is 0 Å². The third-order valence-electron chi connectivity index (χ3n) is 4.39. The van der Waals surface area contributed by atoms with Crippen LogP contribution in [0.15, 0.2) is 28.7 Å². The summed E-state index contributed by atoms with van der Waals surface area (Å²) >= 11 is 3.56. The topological polar surface area (TPSA) is 15.3 Å². The van der Waals surface area contributed by atoms with E-state index >= 15 is 0 Å². The van der Waals surface area contributed by atoms with Gasteiger partial charge in [-0.15, -0.1) is 0 Å². The van der Waals surface area contributed by atoms with Crippen LogP contribution in [0.2, 0.25) is 0 Å². The summed E-state index contributed by atoms with van der Waals surface area (Å²) in [6.45, 7) is 12.4. The summed E-state index contributed by atoms with van der Waals surface area (Å²) in [6.07, 6.45) is 1.16. The van der Waals surface area contributed by atoms with E-state index in [9.17, 15) is 0 Å². The first-order chi connectivity index (χ1) is 8.85. The van der Waals surface area contributed by atoms with E-state index in [1.807, 2.05) is 0 Å². The fourth-order valence-electron chi connectivity index (χ4n) is 2.60. The molecule has 1 atom stereocenters. The molecular formula is C16H25BrN2. The van der Waals surface area contributed by atoms with Crippen LogP contribution in [0.25, 0.3) is 0 Å². The average molecular weight is 325 g/mol. The van der Waals surface area contributed by atoms with Crippen LogP contribution in [0.5, 0.6) is 0 Å². The van der Waals surface area contributed by atoms with Crippen molar-refractivity contribution in [1.82, 2.24) is 10.2 Å². The van der Waals surface area contributed by atoms with Crippen molar-refractivity contribution < 1.29 is 0 Å². The molecule has 0 spiro atoms. The van der Waals surface area contributed by atoms with E-state index in [0.717, 1.165) is 30.5 Å². The Hall–Kier alpha value is -0.380. The monoisotopic (exact) mass is 324 g/mol. The number of hydrogen-bond donors (Lipinski definition) is 1. The molecule has 3 heteroatoms. The van der Waals surface area contributed by atoms with Crippen LogP contribution in [0.3, 0.4) is 0 Å². The van der Waals surface area contributed by atoms with Gasteiger partial charge in [-0.2, -0.15) is 0 Å². The zero-order chi connectivity index (χ0) is 14.1. The number of piperazine rings is 1. The van der Waals surface area contributed by atoms with E-state index in [2.05, 4.69) is 78.1 Å². The molecule has 0 radical (unpaired) electrons. The lowest BCUT2D eigenvalue weighted by Crippen LogP contribution is -2.66. The van der Waals surface area contributed by atoms with Crippen molar-refractivity contribution in [1.29, 1.82) is 0 Å². The van der Waals surface area contributed by atoms with Gasteiger partial charge in [0.15, 0.2) is 0 Å². The van der Waals surface area contributed by atoms with Gasteiger partial charge >= 0.3 is 0 Å². The minimum Gasteiger partial charge on any atom is -0.308 e. The second-order valence-corrected chi connectivity index (χ2v) is 7.48. The smallest absolute Gasteiger partial charge is 0.0282 e. The van der Waals surface area contributed by atoms with Gasteiger partial charge in [-0.1, -0.05) is 35.0 Å². The molecule has 1 fully saturated rings. The highest BCUT2D eigenvalue weighted by Gasteiger charge is 2.38. The molecule has 0 saturated carbocycles. The number of nitrogens with one attached hydrogen (secondary N) is 1. The van der Waals surface area contributed by atoms with E-state index in [-0.39, 0.29) is 11.1 Å². The van der Waals surface area contributed by atoms with Crippen molar-refractivity contribution in [2.45, 2.75) is 51.7 Å². The SMILES string of the molecule is CCC1(C)CN(Cc2cccc(Br)c2)C(C)(C)CN1. The van der Waals surface area contributed by atoms with Gasteiger partial charge in [0.2, 0.25) is 0 Å². The number of nitrogens with zero attached hydrogens (tertiary/aromatic N) is 1.